The number of rotatable bonds is 3. The lowest BCUT2D eigenvalue weighted by Crippen LogP contribution is -2.17. The summed E-state index contributed by atoms with van der Waals surface area (Å²) in [4.78, 5) is 16.3. The highest BCUT2D eigenvalue weighted by molar-refractivity contribution is 5.94. The minimum absolute atomic E-state index is 0.0225. The Morgan fingerprint density at radius 2 is 1.95 bits per heavy atom. The van der Waals surface area contributed by atoms with Crippen LogP contribution in [0.15, 0.2) is 18.2 Å². The van der Waals surface area contributed by atoms with Crippen LogP contribution >= 0.6 is 0 Å². The number of carbonyl (C=O) groups is 1. The summed E-state index contributed by atoms with van der Waals surface area (Å²) in [5.41, 5.74) is 2.84. The Balaban J connectivity index is 2.40. The Morgan fingerprint density at radius 1 is 1.26 bits per heavy atom. The smallest absolute Gasteiger partial charge is 0.226 e. The highest BCUT2D eigenvalue weighted by Gasteiger charge is 2.12. The molecule has 0 unspecified atom stereocenters. The summed E-state index contributed by atoms with van der Waals surface area (Å²) in [6.07, 6.45) is 0. The van der Waals surface area contributed by atoms with Gasteiger partial charge in [0, 0.05) is 17.6 Å². The van der Waals surface area contributed by atoms with Crippen molar-refractivity contribution in [2.75, 3.05) is 5.32 Å². The molecule has 0 saturated heterocycles. The number of anilines is 1. The fourth-order valence-corrected chi connectivity index (χ4v) is 2.24. The zero-order valence-electron chi connectivity index (χ0n) is 12.2. The van der Waals surface area contributed by atoms with Crippen LogP contribution in [0, 0.1) is 12.8 Å². The second-order valence-corrected chi connectivity index (χ2v) is 5.47. The van der Waals surface area contributed by atoms with Crippen molar-refractivity contribution < 1.29 is 4.79 Å². The van der Waals surface area contributed by atoms with Crippen molar-refractivity contribution >= 4 is 22.6 Å². The SMILES string of the molecule is Cc1nc2cc(NC(=O)C(C)C)ccc2n1C(C)C. The first kappa shape index (κ1) is 13.6. The molecule has 0 aliphatic heterocycles. The summed E-state index contributed by atoms with van der Waals surface area (Å²) >= 11 is 0. The maximum atomic E-state index is 11.7. The molecule has 0 bridgehead atoms. The molecule has 1 aromatic carbocycles. The van der Waals surface area contributed by atoms with E-state index in [1.165, 1.54) is 0 Å². The van der Waals surface area contributed by atoms with Gasteiger partial charge >= 0.3 is 0 Å². The molecule has 1 heterocycles. The number of hydrogen-bond acceptors (Lipinski definition) is 2. The van der Waals surface area contributed by atoms with Gasteiger partial charge in [0.2, 0.25) is 5.91 Å². The number of fused-ring (bicyclic) bond motifs is 1. The van der Waals surface area contributed by atoms with Gasteiger partial charge in [-0.25, -0.2) is 4.98 Å². The van der Waals surface area contributed by atoms with Crippen molar-refractivity contribution in [1.29, 1.82) is 0 Å². The number of carbonyl (C=O) groups excluding carboxylic acids is 1. The van der Waals surface area contributed by atoms with Gasteiger partial charge in [0.15, 0.2) is 0 Å². The normalized spacial score (nSPS) is 11.5. The number of imidazole rings is 1. The zero-order valence-corrected chi connectivity index (χ0v) is 12.2. The molecule has 102 valence electrons. The number of aromatic nitrogens is 2. The molecule has 0 aliphatic rings. The van der Waals surface area contributed by atoms with Gasteiger partial charge in [-0.3, -0.25) is 4.79 Å². The molecule has 0 spiro atoms. The van der Waals surface area contributed by atoms with Gasteiger partial charge in [0.05, 0.1) is 11.0 Å². The molecule has 0 atom stereocenters. The van der Waals surface area contributed by atoms with Crippen molar-refractivity contribution in [2.24, 2.45) is 5.92 Å². The van der Waals surface area contributed by atoms with E-state index in [0.29, 0.717) is 6.04 Å². The van der Waals surface area contributed by atoms with E-state index in [-0.39, 0.29) is 11.8 Å². The summed E-state index contributed by atoms with van der Waals surface area (Å²) < 4.78 is 2.20. The largest absolute Gasteiger partial charge is 0.326 e. The van der Waals surface area contributed by atoms with Crippen molar-refractivity contribution in [3.63, 3.8) is 0 Å². The van der Waals surface area contributed by atoms with E-state index in [9.17, 15) is 4.79 Å². The number of amides is 1. The average molecular weight is 259 g/mol. The Bertz CT molecular complexity index is 611. The van der Waals surface area contributed by atoms with Crippen molar-refractivity contribution in [2.45, 2.75) is 40.7 Å². The molecule has 0 saturated carbocycles. The van der Waals surface area contributed by atoms with Gasteiger partial charge in [-0.2, -0.15) is 0 Å². The standard InChI is InChI=1S/C15H21N3O/c1-9(2)15(19)17-12-6-7-14-13(8-12)16-11(5)18(14)10(3)4/h6-10H,1-5H3,(H,17,19). The monoisotopic (exact) mass is 259 g/mol. The molecule has 4 nitrogen and oxygen atoms in total. The highest BCUT2D eigenvalue weighted by Crippen LogP contribution is 2.23. The minimum atomic E-state index is -0.0225. The van der Waals surface area contributed by atoms with Gasteiger partial charge < -0.3 is 9.88 Å². The Labute approximate surface area is 113 Å². The molecule has 0 aliphatic carbocycles. The first-order chi connectivity index (χ1) is 8.90. The summed E-state index contributed by atoms with van der Waals surface area (Å²) in [5, 5.41) is 2.90. The Kier molecular flexibility index (Phi) is 3.60. The van der Waals surface area contributed by atoms with Gasteiger partial charge in [0.1, 0.15) is 5.82 Å². The number of nitrogens with zero attached hydrogens (tertiary/aromatic N) is 2. The van der Waals surface area contributed by atoms with Crippen LogP contribution in [0.25, 0.3) is 11.0 Å². The second kappa shape index (κ2) is 5.03. The van der Waals surface area contributed by atoms with E-state index in [1.54, 1.807) is 0 Å². The van der Waals surface area contributed by atoms with Crippen molar-refractivity contribution in [3.8, 4) is 0 Å². The van der Waals surface area contributed by atoms with E-state index in [0.717, 1.165) is 22.5 Å². The predicted molar refractivity (Wildman–Crippen MR) is 78.3 cm³/mol. The van der Waals surface area contributed by atoms with Crippen LogP contribution in [0.4, 0.5) is 5.69 Å². The van der Waals surface area contributed by atoms with E-state index in [1.807, 2.05) is 39.0 Å². The third-order valence-corrected chi connectivity index (χ3v) is 3.17. The summed E-state index contributed by atoms with van der Waals surface area (Å²) in [6, 6.07) is 6.26. The minimum Gasteiger partial charge on any atom is -0.326 e. The van der Waals surface area contributed by atoms with Gasteiger partial charge in [-0.05, 0) is 39.0 Å². The molecular weight excluding hydrogens is 238 g/mol. The number of benzene rings is 1. The molecule has 0 radical (unpaired) electrons. The highest BCUT2D eigenvalue weighted by atomic mass is 16.1. The van der Waals surface area contributed by atoms with E-state index >= 15 is 0 Å². The van der Waals surface area contributed by atoms with E-state index < -0.39 is 0 Å². The van der Waals surface area contributed by atoms with Gasteiger partial charge in [-0.15, -0.1) is 0 Å². The summed E-state index contributed by atoms with van der Waals surface area (Å²) in [5.74, 6) is 1.00. The lowest BCUT2D eigenvalue weighted by atomic mass is 10.2. The Morgan fingerprint density at radius 3 is 2.53 bits per heavy atom. The lowest BCUT2D eigenvalue weighted by Gasteiger charge is -2.11. The Hall–Kier alpha value is -1.84. The fraction of sp³-hybridized carbons (Fsp3) is 0.467. The van der Waals surface area contributed by atoms with Gasteiger partial charge in [0.25, 0.3) is 0 Å². The first-order valence-electron chi connectivity index (χ1n) is 6.69. The number of aryl methyl sites for hydroxylation is 1. The van der Waals surface area contributed by atoms with Crippen LogP contribution < -0.4 is 5.32 Å². The first-order valence-corrected chi connectivity index (χ1v) is 6.69. The summed E-state index contributed by atoms with van der Waals surface area (Å²) in [6.45, 7) is 10.1. The third kappa shape index (κ3) is 2.62. The van der Waals surface area contributed by atoms with E-state index in [2.05, 4.69) is 28.7 Å². The molecule has 19 heavy (non-hydrogen) atoms. The number of hydrogen-bond donors (Lipinski definition) is 1. The van der Waals surface area contributed by atoms with Crippen molar-refractivity contribution in [1.82, 2.24) is 9.55 Å². The van der Waals surface area contributed by atoms with Crippen molar-refractivity contribution in [3.05, 3.63) is 24.0 Å². The quantitative estimate of drug-likeness (QED) is 0.916. The second-order valence-electron chi connectivity index (χ2n) is 5.47. The molecule has 1 aromatic heterocycles. The molecule has 0 fully saturated rings. The molecular formula is C15H21N3O. The molecule has 4 heteroatoms. The van der Waals surface area contributed by atoms with Gasteiger partial charge in [-0.1, -0.05) is 13.8 Å². The van der Waals surface area contributed by atoms with Crippen LogP contribution in [0.5, 0.6) is 0 Å². The topological polar surface area (TPSA) is 46.9 Å². The number of nitrogens with one attached hydrogen (secondary N) is 1. The van der Waals surface area contributed by atoms with Crippen LogP contribution in [-0.2, 0) is 4.79 Å². The fourth-order valence-electron chi connectivity index (χ4n) is 2.24. The van der Waals surface area contributed by atoms with Crippen LogP contribution in [0.3, 0.4) is 0 Å². The van der Waals surface area contributed by atoms with Crippen LogP contribution in [0.1, 0.15) is 39.6 Å². The average Bonchev–Trinajstić information content (AvgIpc) is 2.63. The van der Waals surface area contributed by atoms with E-state index in [4.69, 9.17) is 0 Å². The molecule has 1 amide bonds. The molecule has 2 rings (SSSR count). The van der Waals surface area contributed by atoms with Crippen LogP contribution in [-0.4, -0.2) is 15.5 Å². The summed E-state index contributed by atoms with van der Waals surface area (Å²) in [7, 11) is 0. The predicted octanol–water partition coefficient (Wildman–Crippen LogP) is 3.52. The molecule has 2 aromatic rings. The maximum absolute atomic E-state index is 11.7. The maximum Gasteiger partial charge on any atom is 0.226 e. The third-order valence-electron chi connectivity index (χ3n) is 3.17. The molecule has 1 N–H and O–H groups in total. The lowest BCUT2D eigenvalue weighted by molar-refractivity contribution is -0.118. The zero-order chi connectivity index (χ0) is 14.2. The van der Waals surface area contributed by atoms with Crippen LogP contribution in [0.2, 0.25) is 0 Å².